The first-order valence-corrected chi connectivity index (χ1v) is 5.58. The first-order valence-electron chi connectivity index (χ1n) is 5.58. The van der Waals surface area contributed by atoms with Crippen LogP contribution < -0.4 is 5.32 Å². The zero-order chi connectivity index (χ0) is 9.31. The molecule has 0 aromatic heterocycles. The molecule has 1 saturated carbocycles. The van der Waals surface area contributed by atoms with Gasteiger partial charge in [0.1, 0.15) is 0 Å². The summed E-state index contributed by atoms with van der Waals surface area (Å²) in [6.07, 6.45) is 5.28. The molecule has 2 aliphatic rings. The van der Waals surface area contributed by atoms with Crippen molar-refractivity contribution >= 4 is 0 Å². The molecule has 0 amide bonds. The maximum absolute atomic E-state index is 9.55. The summed E-state index contributed by atoms with van der Waals surface area (Å²) >= 11 is 0. The van der Waals surface area contributed by atoms with Crippen molar-refractivity contribution in [2.75, 3.05) is 19.7 Å². The van der Waals surface area contributed by atoms with Crippen molar-refractivity contribution in [3.8, 4) is 0 Å². The number of aliphatic hydroxyl groups excluding tert-OH is 1. The van der Waals surface area contributed by atoms with Gasteiger partial charge in [0.05, 0.1) is 6.61 Å². The van der Waals surface area contributed by atoms with Gasteiger partial charge in [-0.2, -0.15) is 0 Å². The summed E-state index contributed by atoms with van der Waals surface area (Å²) in [5.41, 5.74) is 0.232. The predicted octanol–water partition coefficient (Wildman–Crippen LogP) is 1.39. The van der Waals surface area contributed by atoms with Gasteiger partial charge in [-0.25, -0.2) is 0 Å². The van der Waals surface area contributed by atoms with Crippen molar-refractivity contribution in [2.45, 2.75) is 32.6 Å². The van der Waals surface area contributed by atoms with E-state index in [1.165, 1.54) is 25.7 Å². The summed E-state index contributed by atoms with van der Waals surface area (Å²) in [5.74, 6) is 1.54. The van der Waals surface area contributed by atoms with Gasteiger partial charge in [-0.1, -0.05) is 13.3 Å². The van der Waals surface area contributed by atoms with Crippen LogP contribution in [-0.2, 0) is 0 Å². The zero-order valence-electron chi connectivity index (χ0n) is 8.55. The Morgan fingerprint density at radius 1 is 1.46 bits per heavy atom. The predicted molar refractivity (Wildman–Crippen MR) is 53.5 cm³/mol. The van der Waals surface area contributed by atoms with Crippen LogP contribution in [0, 0.1) is 17.3 Å². The molecule has 2 nitrogen and oxygen atoms in total. The molecule has 0 spiro atoms. The summed E-state index contributed by atoms with van der Waals surface area (Å²) in [4.78, 5) is 0. The van der Waals surface area contributed by atoms with Gasteiger partial charge in [0.15, 0.2) is 0 Å². The van der Waals surface area contributed by atoms with E-state index >= 15 is 0 Å². The zero-order valence-corrected chi connectivity index (χ0v) is 8.55. The number of nitrogens with one attached hydrogen (secondary N) is 1. The van der Waals surface area contributed by atoms with E-state index in [0.717, 1.165) is 24.9 Å². The van der Waals surface area contributed by atoms with Gasteiger partial charge in [-0.3, -0.25) is 0 Å². The molecule has 1 aliphatic carbocycles. The van der Waals surface area contributed by atoms with Crippen molar-refractivity contribution < 1.29 is 5.11 Å². The lowest BCUT2D eigenvalue weighted by atomic mass is 9.61. The van der Waals surface area contributed by atoms with Gasteiger partial charge in [0, 0.05) is 12.0 Å². The highest BCUT2D eigenvalue weighted by Crippen LogP contribution is 2.46. The Morgan fingerprint density at radius 3 is 2.69 bits per heavy atom. The van der Waals surface area contributed by atoms with E-state index in [4.69, 9.17) is 0 Å². The van der Waals surface area contributed by atoms with Gasteiger partial charge in [0.2, 0.25) is 0 Å². The third-order valence-electron chi connectivity index (χ3n) is 4.01. The molecule has 76 valence electrons. The van der Waals surface area contributed by atoms with Crippen LogP contribution in [0.4, 0.5) is 0 Å². The van der Waals surface area contributed by atoms with Gasteiger partial charge in [0.25, 0.3) is 0 Å². The SMILES string of the molecule is CC1CNCC(CO)(C2CCC2)C1. The van der Waals surface area contributed by atoms with Crippen LogP contribution >= 0.6 is 0 Å². The second-order valence-electron chi connectivity index (χ2n) is 5.09. The average molecular weight is 183 g/mol. The molecule has 2 unspecified atom stereocenters. The number of hydrogen-bond donors (Lipinski definition) is 2. The Hall–Kier alpha value is -0.0800. The Bertz CT molecular complexity index is 179. The molecule has 0 aromatic rings. The molecule has 0 bridgehead atoms. The minimum absolute atomic E-state index is 0.232. The molecule has 2 fully saturated rings. The lowest BCUT2D eigenvalue weighted by Crippen LogP contribution is -2.51. The van der Waals surface area contributed by atoms with E-state index in [-0.39, 0.29) is 5.41 Å². The van der Waals surface area contributed by atoms with Crippen LogP contribution in [0.25, 0.3) is 0 Å². The van der Waals surface area contributed by atoms with Gasteiger partial charge < -0.3 is 10.4 Å². The molecule has 2 atom stereocenters. The lowest BCUT2D eigenvalue weighted by molar-refractivity contribution is -0.0155. The average Bonchev–Trinajstić information content (AvgIpc) is 2.01. The highest BCUT2D eigenvalue weighted by Gasteiger charge is 2.43. The molecular weight excluding hydrogens is 162 g/mol. The number of hydrogen-bond acceptors (Lipinski definition) is 2. The van der Waals surface area contributed by atoms with Crippen LogP contribution in [-0.4, -0.2) is 24.8 Å². The molecule has 2 N–H and O–H groups in total. The maximum atomic E-state index is 9.55. The summed E-state index contributed by atoms with van der Waals surface area (Å²) in [6.45, 7) is 4.84. The van der Waals surface area contributed by atoms with Gasteiger partial charge in [-0.05, 0) is 37.6 Å². The molecule has 0 radical (unpaired) electrons. The van der Waals surface area contributed by atoms with Crippen molar-refractivity contribution in [1.82, 2.24) is 5.32 Å². The fourth-order valence-corrected chi connectivity index (χ4v) is 2.99. The molecule has 13 heavy (non-hydrogen) atoms. The van der Waals surface area contributed by atoms with Crippen LogP contribution in [0.1, 0.15) is 32.6 Å². The Labute approximate surface area is 80.7 Å². The number of piperidine rings is 1. The molecular formula is C11H21NO. The van der Waals surface area contributed by atoms with Crippen LogP contribution in [0.3, 0.4) is 0 Å². The fraction of sp³-hybridized carbons (Fsp3) is 1.00. The third kappa shape index (κ3) is 1.62. The molecule has 1 heterocycles. The smallest absolute Gasteiger partial charge is 0.0502 e. The molecule has 2 rings (SSSR count). The van der Waals surface area contributed by atoms with Gasteiger partial charge in [-0.15, -0.1) is 0 Å². The standard InChI is InChI=1S/C11H21NO/c1-9-5-11(8-13,7-12-6-9)10-3-2-4-10/h9-10,12-13H,2-8H2,1H3. The quantitative estimate of drug-likeness (QED) is 0.678. The summed E-state index contributed by atoms with van der Waals surface area (Å²) in [7, 11) is 0. The van der Waals surface area contributed by atoms with E-state index < -0.39 is 0 Å². The van der Waals surface area contributed by atoms with E-state index in [1.807, 2.05) is 0 Å². The molecule has 1 saturated heterocycles. The van der Waals surface area contributed by atoms with Crippen molar-refractivity contribution in [1.29, 1.82) is 0 Å². The third-order valence-corrected chi connectivity index (χ3v) is 4.01. The molecule has 0 aromatic carbocycles. The first-order chi connectivity index (χ1) is 6.27. The highest BCUT2D eigenvalue weighted by molar-refractivity contribution is 4.95. The fourth-order valence-electron chi connectivity index (χ4n) is 2.99. The largest absolute Gasteiger partial charge is 0.396 e. The lowest BCUT2D eigenvalue weighted by Gasteiger charge is -2.48. The Kier molecular flexibility index (Phi) is 2.61. The molecule has 1 aliphatic heterocycles. The number of rotatable bonds is 2. The minimum atomic E-state index is 0.232. The topological polar surface area (TPSA) is 32.3 Å². The summed E-state index contributed by atoms with van der Waals surface area (Å²) < 4.78 is 0. The van der Waals surface area contributed by atoms with E-state index in [1.54, 1.807) is 0 Å². The van der Waals surface area contributed by atoms with Gasteiger partial charge >= 0.3 is 0 Å². The van der Waals surface area contributed by atoms with E-state index in [2.05, 4.69) is 12.2 Å². The number of aliphatic hydroxyl groups is 1. The van der Waals surface area contributed by atoms with E-state index in [9.17, 15) is 5.11 Å². The minimum Gasteiger partial charge on any atom is -0.396 e. The molecule has 2 heteroatoms. The second kappa shape index (κ2) is 3.58. The monoisotopic (exact) mass is 183 g/mol. The van der Waals surface area contributed by atoms with Crippen LogP contribution in [0.5, 0.6) is 0 Å². The first kappa shape index (κ1) is 9.47. The van der Waals surface area contributed by atoms with Crippen molar-refractivity contribution in [2.24, 2.45) is 17.3 Å². The Morgan fingerprint density at radius 2 is 2.23 bits per heavy atom. The van der Waals surface area contributed by atoms with Crippen LogP contribution in [0.2, 0.25) is 0 Å². The normalized spacial score (nSPS) is 41.5. The Balaban J connectivity index is 2.03. The van der Waals surface area contributed by atoms with E-state index in [0.29, 0.717) is 6.61 Å². The highest BCUT2D eigenvalue weighted by atomic mass is 16.3. The summed E-state index contributed by atoms with van der Waals surface area (Å²) in [6, 6.07) is 0. The van der Waals surface area contributed by atoms with Crippen molar-refractivity contribution in [3.05, 3.63) is 0 Å². The van der Waals surface area contributed by atoms with Crippen molar-refractivity contribution in [3.63, 3.8) is 0 Å². The van der Waals surface area contributed by atoms with Crippen LogP contribution in [0.15, 0.2) is 0 Å². The maximum Gasteiger partial charge on any atom is 0.0502 e. The second-order valence-corrected chi connectivity index (χ2v) is 5.09. The summed E-state index contributed by atoms with van der Waals surface area (Å²) in [5, 5.41) is 13.0.